The highest BCUT2D eigenvalue weighted by atomic mass is 35.5. The van der Waals surface area contributed by atoms with E-state index in [-0.39, 0.29) is 12.0 Å². The smallest absolute Gasteiger partial charge is 0.139 e. The largest absolute Gasteiger partial charge is 0.365 e. The summed E-state index contributed by atoms with van der Waals surface area (Å²) in [6.07, 6.45) is 0.563. The van der Waals surface area contributed by atoms with E-state index < -0.39 is 0 Å². The molecule has 2 rings (SSSR count). The minimum atomic E-state index is 0.0242. The van der Waals surface area contributed by atoms with Crippen LogP contribution in [0.1, 0.15) is 20.3 Å². The van der Waals surface area contributed by atoms with E-state index in [0.717, 1.165) is 5.69 Å². The molecule has 1 aromatic carbocycles. The molecular formula is C13H15Cl2NO. The molecule has 1 aliphatic heterocycles. The fraction of sp³-hybridized carbons (Fsp3) is 0.462. The Bertz CT molecular complexity index is 427. The molecule has 0 radical (unpaired) electrons. The first-order valence-corrected chi connectivity index (χ1v) is 6.51. The normalized spacial score (nSPS) is 25.2. The molecule has 1 heterocycles. The van der Waals surface area contributed by atoms with Gasteiger partial charge >= 0.3 is 0 Å². The Morgan fingerprint density at radius 1 is 1.24 bits per heavy atom. The molecular weight excluding hydrogens is 257 g/mol. The van der Waals surface area contributed by atoms with Crippen molar-refractivity contribution in [2.75, 3.05) is 11.4 Å². The van der Waals surface area contributed by atoms with Gasteiger partial charge in [-0.25, -0.2) is 0 Å². The third kappa shape index (κ3) is 2.29. The minimum absolute atomic E-state index is 0.0242. The van der Waals surface area contributed by atoms with Gasteiger partial charge in [0.1, 0.15) is 5.78 Å². The number of nitrogens with zero attached hydrogens (tertiary/aromatic N) is 1. The monoisotopic (exact) mass is 271 g/mol. The summed E-state index contributed by atoms with van der Waals surface area (Å²) in [5, 5.41) is 1.29. The van der Waals surface area contributed by atoms with Crippen LogP contribution >= 0.6 is 23.2 Å². The molecule has 2 nitrogen and oxygen atoms in total. The van der Waals surface area contributed by atoms with Gasteiger partial charge in [-0.3, -0.25) is 4.79 Å². The number of hydrogen-bond donors (Lipinski definition) is 0. The Labute approximate surface area is 112 Å². The van der Waals surface area contributed by atoms with E-state index in [1.807, 2.05) is 32.0 Å². The third-order valence-corrected chi connectivity index (χ3v) is 4.16. The number of piperidine rings is 1. The molecule has 4 heteroatoms. The zero-order valence-electron chi connectivity index (χ0n) is 9.91. The van der Waals surface area contributed by atoms with E-state index >= 15 is 0 Å². The van der Waals surface area contributed by atoms with Crippen molar-refractivity contribution in [3.8, 4) is 0 Å². The van der Waals surface area contributed by atoms with Crippen molar-refractivity contribution in [3.63, 3.8) is 0 Å². The van der Waals surface area contributed by atoms with E-state index in [1.165, 1.54) is 0 Å². The van der Waals surface area contributed by atoms with Gasteiger partial charge in [0.2, 0.25) is 0 Å². The van der Waals surface area contributed by atoms with E-state index in [0.29, 0.717) is 28.8 Å². The van der Waals surface area contributed by atoms with Crippen LogP contribution in [0.3, 0.4) is 0 Å². The maximum atomic E-state index is 11.7. The minimum Gasteiger partial charge on any atom is -0.365 e. The number of rotatable bonds is 1. The van der Waals surface area contributed by atoms with Crippen molar-refractivity contribution in [1.29, 1.82) is 0 Å². The molecule has 1 fully saturated rings. The van der Waals surface area contributed by atoms with Gasteiger partial charge in [-0.2, -0.15) is 0 Å². The highest BCUT2D eigenvalue weighted by Gasteiger charge is 2.32. The first kappa shape index (κ1) is 12.7. The van der Waals surface area contributed by atoms with E-state index in [9.17, 15) is 4.79 Å². The lowest BCUT2D eigenvalue weighted by Gasteiger charge is -2.39. The van der Waals surface area contributed by atoms with Gasteiger partial charge in [0.05, 0.1) is 15.7 Å². The van der Waals surface area contributed by atoms with Gasteiger partial charge in [-0.05, 0) is 19.1 Å². The highest BCUT2D eigenvalue weighted by molar-refractivity contribution is 6.39. The van der Waals surface area contributed by atoms with Gasteiger partial charge in [0.15, 0.2) is 0 Å². The average Bonchev–Trinajstić information content (AvgIpc) is 2.29. The number of hydrogen-bond acceptors (Lipinski definition) is 2. The van der Waals surface area contributed by atoms with Crippen LogP contribution in [0.25, 0.3) is 0 Å². The summed E-state index contributed by atoms with van der Waals surface area (Å²) in [5.74, 6) is 0.341. The molecule has 0 amide bonds. The fourth-order valence-electron chi connectivity index (χ4n) is 2.28. The summed E-state index contributed by atoms with van der Waals surface area (Å²) < 4.78 is 0. The Balaban J connectivity index is 2.37. The van der Waals surface area contributed by atoms with E-state index in [1.54, 1.807) is 0 Å². The first-order chi connectivity index (χ1) is 8.02. The van der Waals surface area contributed by atoms with Gasteiger partial charge < -0.3 is 4.90 Å². The molecule has 2 atom stereocenters. The standard InChI is InChI=1S/C13H15Cl2NO/c1-8-9(2)16(7-6-12(8)17)13-10(14)4-3-5-11(13)15/h3-5,8-9H,6-7H2,1-2H3. The number of ketones is 1. The summed E-state index contributed by atoms with van der Waals surface area (Å²) in [4.78, 5) is 13.8. The van der Waals surface area contributed by atoms with Crippen LogP contribution < -0.4 is 4.90 Å². The highest BCUT2D eigenvalue weighted by Crippen LogP contribution is 2.37. The number of anilines is 1. The second-order valence-electron chi connectivity index (χ2n) is 4.51. The molecule has 1 aliphatic rings. The Morgan fingerprint density at radius 3 is 2.41 bits per heavy atom. The molecule has 17 heavy (non-hydrogen) atoms. The number of halogens is 2. The summed E-state index contributed by atoms with van der Waals surface area (Å²) in [6, 6.07) is 5.62. The summed E-state index contributed by atoms with van der Waals surface area (Å²) in [5.41, 5.74) is 0.850. The average molecular weight is 272 g/mol. The molecule has 0 bridgehead atoms. The molecule has 0 saturated carbocycles. The summed E-state index contributed by atoms with van der Waals surface area (Å²) in [7, 11) is 0. The zero-order valence-corrected chi connectivity index (χ0v) is 11.4. The van der Waals surface area contributed by atoms with Crippen LogP contribution in [0.4, 0.5) is 5.69 Å². The van der Waals surface area contributed by atoms with Crippen LogP contribution in [0.15, 0.2) is 18.2 Å². The maximum Gasteiger partial charge on any atom is 0.139 e. The Kier molecular flexibility index (Phi) is 3.64. The molecule has 0 spiro atoms. The number of benzene rings is 1. The van der Waals surface area contributed by atoms with Crippen molar-refractivity contribution in [3.05, 3.63) is 28.2 Å². The molecule has 0 aliphatic carbocycles. The fourth-order valence-corrected chi connectivity index (χ4v) is 2.89. The van der Waals surface area contributed by atoms with Crippen molar-refractivity contribution < 1.29 is 4.79 Å². The second-order valence-corrected chi connectivity index (χ2v) is 5.32. The topological polar surface area (TPSA) is 20.3 Å². The third-order valence-electron chi connectivity index (χ3n) is 3.55. The molecule has 1 aromatic rings. The molecule has 92 valence electrons. The van der Waals surface area contributed by atoms with Crippen molar-refractivity contribution in [2.45, 2.75) is 26.3 Å². The van der Waals surface area contributed by atoms with Gasteiger partial charge in [0, 0.05) is 24.9 Å². The van der Waals surface area contributed by atoms with Crippen molar-refractivity contribution in [2.24, 2.45) is 5.92 Å². The van der Waals surface area contributed by atoms with Crippen LogP contribution in [0.5, 0.6) is 0 Å². The summed E-state index contributed by atoms with van der Waals surface area (Å²) >= 11 is 12.4. The number of carbonyl (C=O) groups is 1. The van der Waals surface area contributed by atoms with Gasteiger partial charge in [0.25, 0.3) is 0 Å². The second kappa shape index (κ2) is 4.87. The van der Waals surface area contributed by atoms with Crippen molar-refractivity contribution >= 4 is 34.7 Å². The predicted octanol–water partition coefficient (Wildman–Crippen LogP) is 3.80. The van der Waals surface area contributed by atoms with Crippen LogP contribution in [-0.2, 0) is 4.79 Å². The van der Waals surface area contributed by atoms with Gasteiger partial charge in [-0.15, -0.1) is 0 Å². The lowest BCUT2D eigenvalue weighted by Crippen LogP contribution is -2.47. The lowest BCUT2D eigenvalue weighted by atomic mass is 9.90. The Hall–Kier alpha value is -0.730. The van der Waals surface area contributed by atoms with Crippen LogP contribution in [0.2, 0.25) is 10.0 Å². The SMILES string of the molecule is CC1C(=O)CCN(c2c(Cl)cccc2Cl)C1C. The molecule has 0 N–H and O–H groups in total. The zero-order chi connectivity index (χ0) is 12.6. The van der Waals surface area contributed by atoms with Gasteiger partial charge in [-0.1, -0.05) is 36.2 Å². The van der Waals surface area contributed by atoms with Crippen LogP contribution in [0, 0.1) is 5.92 Å². The van der Waals surface area contributed by atoms with E-state index in [4.69, 9.17) is 23.2 Å². The van der Waals surface area contributed by atoms with Crippen molar-refractivity contribution in [1.82, 2.24) is 0 Å². The predicted molar refractivity (Wildman–Crippen MR) is 72.1 cm³/mol. The molecule has 2 unspecified atom stereocenters. The molecule has 1 saturated heterocycles. The quantitative estimate of drug-likeness (QED) is 0.775. The first-order valence-electron chi connectivity index (χ1n) is 5.75. The number of para-hydroxylation sites is 1. The maximum absolute atomic E-state index is 11.7. The molecule has 0 aromatic heterocycles. The number of Topliss-reactive ketones (excluding diaryl/α,β-unsaturated/α-hetero) is 1. The van der Waals surface area contributed by atoms with Crippen LogP contribution in [-0.4, -0.2) is 18.4 Å². The summed E-state index contributed by atoms with van der Waals surface area (Å²) in [6.45, 7) is 4.69. The lowest BCUT2D eigenvalue weighted by molar-refractivity contribution is -0.123. The van der Waals surface area contributed by atoms with E-state index in [2.05, 4.69) is 4.90 Å². The Morgan fingerprint density at radius 2 is 1.82 bits per heavy atom. The number of carbonyl (C=O) groups excluding carboxylic acids is 1.